The molecule has 2 fully saturated rings. The molecular weight excluding hydrogens is 532 g/mol. The Kier molecular flexibility index (Phi) is 7.74. The Labute approximate surface area is 237 Å². The second kappa shape index (κ2) is 11.6. The summed E-state index contributed by atoms with van der Waals surface area (Å²) in [5.41, 5.74) is 3.24. The molecule has 5 heterocycles. The van der Waals surface area contributed by atoms with E-state index in [0.717, 1.165) is 54.7 Å². The number of fused-ring (bicyclic) bond motifs is 1. The van der Waals surface area contributed by atoms with Gasteiger partial charge in [-0.25, -0.2) is 28.2 Å². The molecule has 0 bridgehead atoms. The number of carbonyl (C=O) groups is 1. The number of benzene rings is 1. The van der Waals surface area contributed by atoms with Gasteiger partial charge >= 0.3 is 6.03 Å². The molecule has 2 amide bonds. The lowest BCUT2D eigenvalue weighted by molar-refractivity contribution is -0.0394. The summed E-state index contributed by atoms with van der Waals surface area (Å²) in [6.45, 7) is 2.97. The maximum Gasteiger partial charge on any atom is 0.319 e. The SMILES string of the molecule is CN(C)C(=O)N1CCc2nc(N3CCC(Oc4ccc(F)cc4F)CC3)c(-c3cnn(C4CCCCO4)c3)nc2C1. The number of aromatic nitrogens is 4. The largest absolute Gasteiger partial charge is 0.487 e. The highest BCUT2D eigenvalue weighted by atomic mass is 19.1. The van der Waals surface area contributed by atoms with Crippen LogP contribution in [-0.2, 0) is 17.7 Å². The third kappa shape index (κ3) is 5.83. The van der Waals surface area contributed by atoms with Crippen LogP contribution >= 0.6 is 0 Å². The Morgan fingerprint density at radius 1 is 1.07 bits per heavy atom. The molecule has 0 aliphatic carbocycles. The fraction of sp³-hybridized carbons (Fsp3) is 0.517. The van der Waals surface area contributed by atoms with Gasteiger partial charge in [0.15, 0.2) is 17.4 Å². The van der Waals surface area contributed by atoms with Crippen LogP contribution in [0.1, 0.15) is 49.7 Å². The predicted molar refractivity (Wildman–Crippen MR) is 148 cm³/mol. The summed E-state index contributed by atoms with van der Waals surface area (Å²) in [5.74, 6) is -0.494. The number of rotatable bonds is 5. The number of anilines is 1. The summed E-state index contributed by atoms with van der Waals surface area (Å²) >= 11 is 0. The van der Waals surface area contributed by atoms with Crippen molar-refractivity contribution in [2.45, 2.75) is 57.4 Å². The molecule has 218 valence electrons. The maximum absolute atomic E-state index is 14.2. The molecule has 10 nitrogen and oxygen atoms in total. The molecule has 3 aliphatic rings. The number of piperidine rings is 1. The molecule has 0 radical (unpaired) electrons. The molecule has 3 aromatic rings. The minimum Gasteiger partial charge on any atom is -0.487 e. The van der Waals surface area contributed by atoms with Gasteiger partial charge in [0, 0.05) is 77.4 Å². The minimum atomic E-state index is -0.698. The Balaban J connectivity index is 1.26. The van der Waals surface area contributed by atoms with Gasteiger partial charge in [0.2, 0.25) is 0 Å². The fourth-order valence-corrected chi connectivity index (χ4v) is 5.67. The number of ether oxygens (including phenoxy) is 2. The highest BCUT2D eigenvalue weighted by Gasteiger charge is 2.30. The molecule has 12 heteroatoms. The van der Waals surface area contributed by atoms with E-state index < -0.39 is 11.6 Å². The summed E-state index contributed by atoms with van der Waals surface area (Å²) < 4.78 is 41.2. The van der Waals surface area contributed by atoms with Crippen LogP contribution in [0.15, 0.2) is 30.6 Å². The highest BCUT2D eigenvalue weighted by molar-refractivity contribution is 5.75. The molecule has 0 N–H and O–H groups in total. The van der Waals surface area contributed by atoms with Crippen molar-refractivity contribution in [1.29, 1.82) is 0 Å². The van der Waals surface area contributed by atoms with Crippen molar-refractivity contribution in [3.63, 3.8) is 0 Å². The lowest BCUT2D eigenvalue weighted by atomic mass is 10.1. The van der Waals surface area contributed by atoms with Crippen LogP contribution in [0.4, 0.5) is 19.4 Å². The van der Waals surface area contributed by atoms with Gasteiger partial charge in [0.25, 0.3) is 0 Å². The first kappa shape index (κ1) is 27.4. The molecule has 2 aromatic heterocycles. The lowest BCUT2D eigenvalue weighted by Gasteiger charge is -2.35. The smallest absolute Gasteiger partial charge is 0.319 e. The van der Waals surface area contributed by atoms with E-state index in [1.54, 1.807) is 30.1 Å². The quantitative estimate of drug-likeness (QED) is 0.452. The fourth-order valence-electron chi connectivity index (χ4n) is 5.67. The van der Waals surface area contributed by atoms with Gasteiger partial charge in [-0.3, -0.25) is 0 Å². The number of hydrogen-bond donors (Lipinski definition) is 0. The van der Waals surface area contributed by atoms with Gasteiger partial charge in [-0.2, -0.15) is 5.10 Å². The van der Waals surface area contributed by atoms with Gasteiger partial charge in [0.1, 0.15) is 23.8 Å². The van der Waals surface area contributed by atoms with E-state index >= 15 is 0 Å². The van der Waals surface area contributed by atoms with Crippen LogP contribution in [-0.4, -0.2) is 82.0 Å². The molecule has 1 aromatic carbocycles. The van der Waals surface area contributed by atoms with E-state index in [1.807, 2.05) is 10.9 Å². The van der Waals surface area contributed by atoms with E-state index in [1.165, 1.54) is 12.1 Å². The van der Waals surface area contributed by atoms with Crippen molar-refractivity contribution in [1.82, 2.24) is 29.5 Å². The zero-order valence-corrected chi connectivity index (χ0v) is 23.4. The molecule has 1 unspecified atom stereocenters. The number of hydrogen-bond acceptors (Lipinski definition) is 7. The molecule has 0 spiro atoms. The first-order valence-corrected chi connectivity index (χ1v) is 14.2. The van der Waals surface area contributed by atoms with E-state index in [-0.39, 0.29) is 24.1 Å². The van der Waals surface area contributed by atoms with Gasteiger partial charge in [0.05, 0.1) is 24.1 Å². The van der Waals surface area contributed by atoms with Crippen molar-refractivity contribution >= 4 is 11.8 Å². The second-order valence-electron chi connectivity index (χ2n) is 11.0. The van der Waals surface area contributed by atoms with E-state index in [9.17, 15) is 13.6 Å². The number of urea groups is 1. The number of carbonyl (C=O) groups excluding carboxylic acids is 1. The van der Waals surface area contributed by atoms with Gasteiger partial charge < -0.3 is 24.2 Å². The molecule has 2 saturated heterocycles. The second-order valence-corrected chi connectivity index (χ2v) is 11.0. The highest BCUT2D eigenvalue weighted by Crippen LogP contribution is 2.34. The Morgan fingerprint density at radius 3 is 2.63 bits per heavy atom. The minimum absolute atomic E-state index is 0.0509. The first-order chi connectivity index (χ1) is 19.9. The third-order valence-corrected chi connectivity index (χ3v) is 7.90. The first-order valence-electron chi connectivity index (χ1n) is 14.2. The Hall–Kier alpha value is -3.80. The lowest BCUT2D eigenvalue weighted by Crippen LogP contribution is -2.43. The standard InChI is InChI=1S/C29H35F2N7O3/c1-35(2)29(39)37-13-10-23-24(18-37)33-27(19-16-32-38(17-19)26-5-3-4-14-40-26)28(34-23)36-11-8-21(9-12-36)41-25-7-6-20(30)15-22(25)31/h6-7,15-17,21,26H,3-5,8-14,18H2,1-2H3. The molecule has 0 saturated carbocycles. The summed E-state index contributed by atoms with van der Waals surface area (Å²) in [5, 5.41) is 4.61. The van der Waals surface area contributed by atoms with Crippen molar-refractivity contribution in [3.8, 4) is 17.0 Å². The molecular formula is C29H35F2N7O3. The number of nitrogens with zero attached hydrogens (tertiary/aromatic N) is 7. The molecule has 41 heavy (non-hydrogen) atoms. The van der Waals surface area contributed by atoms with E-state index in [2.05, 4.69) is 10.00 Å². The number of amides is 2. The van der Waals surface area contributed by atoms with E-state index in [0.29, 0.717) is 51.1 Å². The van der Waals surface area contributed by atoms with E-state index in [4.69, 9.17) is 19.4 Å². The van der Waals surface area contributed by atoms with Gasteiger partial charge in [-0.05, 0) is 31.4 Å². The summed E-state index contributed by atoms with van der Waals surface area (Å²) in [6.07, 6.45) is 8.45. The average molecular weight is 568 g/mol. The van der Waals surface area contributed by atoms with Gasteiger partial charge in [-0.1, -0.05) is 0 Å². The van der Waals surface area contributed by atoms with Crippen molar-refractivity contribution in [3.05, 3.63) is 53.6 Å². The van der Waals surface area contributed by atoms with Crippen LogP contribution < -0.4 is 9.64 Å². The van der Waals surface area contributed by atoms with Crippen LogP contribution in [0.3, 0.4) is 0 Å². The predicted octanol–water partition coefficient (Wildman–Crippen LogP) is 4.40. The summed E-state index contributed by atoms with van der Waals surface area (Å²) in [4.78, 5) is 28.4. The summed E-state index contributed by atoms with van der Waals surface area (Å²) in [7, 11) is 3.50. The molecule has 6 rings (SSSR count). The Morgan fingerprint density at radius 2 is 1.90 bits per heavy atom. The number of halogens is 2. The normalized spacial score (nSPS) is 19.7. The van der Waals surface area contributed by atoms with Crippen LogP contribution in [0.25, 0.3) is 11.3 Å². The maximum atomic E-state index is 14.2. The molecule has 1 atom stereocenters. The third-order valence-electron chi connectivity index (χ3n) is 7.90. The van der Waals surface area contributed by atoms with Crippen LogP contribution in [0.5, 0.6) is 5.75 Å². The summed E-state index contributed by atoms with van der Waals surface area (Å²) in [6, 6.07) is 3.33. The zero-order valence-electron chi connectivity index (χ0n) is 23.4. The monoisotopic (exact) mass is 567 g/mol. The van der Waals surface area contributed by atoms with Crippen LogP contribution in [0.2, 0.25) is 0 Å². The molecule has 3 aliphatic heterocycles. The van der Waals surface area contributed by atoms with Crippen molar-refractivity contribution in [2.75, 3.05) is 45.2 Å². The van der Waals surface area contributed by atoms with Crippen molar-refractivity contribution in [2.24, 2.45) is 0 Å². The topological polar surface area (TPSA) is 88.9 Å². The van der Waals surface area contributed by atoms with Crippen LogP contribution in [0, 0.1) is 11.6 Å². The zero-order chi connectivity index (χ0) is 28.5. The average Bonchev–Trinajstić information content (AvgIpc) is 3.48. The van der Waals surface area contributed by atoms with Gasteiger partial charge in [-0.15, -0.1) is 0 Å². The Bertz CT molecular complexity index is 1400. The van der Waals surface area contributed by atoms with Crippen molar-refractivity contribution < 1.29 is 23.0 Å².